The number of carbonyl (C=O) groups is 3. The van der Waals surface area contributed by atoms with Gasteiger partial charge in [0.25, 0.3) is 0 Å². The van der Waals surface area contributed by atoms with Gasteiger partial charge in [-0.1, -0.05) is 74.8 Å². The molecule has 3 aromatic heterocycles. The maximum absolute atomic E-state index is 14.2. The van der Waals surface area contributed by atoms with E-state index in [1.165, 1.54) is 5.19 Å². The zero-order valence-corrected chi connectivity index (χ0v) is 59.3. The van der Waals surface area contributed by atoms with Gasteiger partial charge in [0.1, 0.15) is 24.4 Å². The van der Waals surface area contributed by atoms with Crippen LogP contribution >= 0.6 is 0 Å². The number of ketones is 1. The van der Waals surface area contributed by atoms with Crippen molar-refractivity contribution in [3.63, 3.8) is 0 Å². The first kappa shape index (κ1) is 71.7. The summed E-state index contributed by atoms with van der Waals surface area (Å²) in [7, 11) is -4.02. The zero-order chi connectivity index (χ0) is 61.2. The van der Waals surface area contributed by atoms with Crippen molar-refractivity contribution in [2.45, 2.75) is 103 Å². The molecule has 1 unspecified atom stereocenters. The second kappa shape index (κ2) is 30.2. The van der Waals surface area contributed by atoms with Crippen molar-refractivity contribution in [2.75, 3.05) is 13.2 Å². The molecule has 0 spiro atoms. The first-order chi connectivity index (χ1) is 40.4. The Morgan fingerprint density at radius 2 is 1.00 bits per heavy atom. The topological polar surface area (TPSA) is 288 Å². The van der Waals surface area contributed by atoms with Crippen molar-refractivity contribution >= 4 is 96.8 Å². The molecule has 8 bridgehead atoms. The Balaban J connectivity index is 0.00000202. The van der Waals surface area contributed by atoms with E-state index >= 15 is 0 Å². The fraction of sp³-hybridized carbons (Fsp3) is 0.273. The molecule has 3 aliphatic heterocycles. The van der Waals surface area contributed by atoms with Crippen LogP contribution in [0.25, 0.3) is 90.9 Å². The quantitative estimate of drug-likeness (QED) is 0.0268. The third kappa shape index (κ3) is 16.0. The first-order valence-electron chi connectivity index (χ1n) is 27.8. The molecule has 0 saturated carbocycles. The van der Waals surface area contributed by atoms with Gasteiger partial charge in [-0.05, 0) is 144 Å². The second-order valence-corrected chi connectivity index (χ2v) is 33.7. The smallest absolute Gasteiger partial charge is 0.545 e. The van der Waals surface area contributed by atoms with Crippen molar-refractivity contribution < 1.29 is 153 Å². The van der Waals surface area contributed by atoms with Crippen LogP contribution < -0.4 is 109 Å². The number of fused-ring (bicyclic) bond motifs is 8. The van der Waals surface area contributed by atoms with Gasteiger partial charge in [0, 0.05) is 65.4 Å². The summed E-state index contributed by atoms with van der Waals surface area (Å²) in [5.74, 6) is -2.76. The number of aliphatic hydroxyl groups is 4. The molecule has 1 fully saturated rings. The molecule has 7 aromatic rings. The maximum Gasteiger partial charge on any atom is 1.00 e. The third-order valence-corrected chi connectivity index (χ3v) is 19.3. The Bertz CT molecular complexity index is 4070. The Labute approximate surface area is 578 Å². The van der Waals surface area contributed by atoms with Crippen molar-refractivity contribution in [1.29, 1.82) is 0 Å². The Hall–Kier alpha value is -5.34. The minimum Gasteiger partial charge on any atom is -0.545 e. The summed E-state index contributed by atoms with van der Waals surface area (Å²) < 4.78 is 11.2. The van der Waals surface area contributed by atoms with Crippen LogP contribution in [0.15, 0.2) is 97.1 Å². The number of aromatic amines is 2. The largest absolute Gasteiger partial charge is 1.00 e. The molecule has 0 aliphatic carbocycles. The van der Waals surface area contributed by atoms with Crippen LogP contribution in [0.2, 0.25) is 39.3 Å². The standard InChI is InChI=1S/C65H67N4O11Si2.CO2.3Na/c1-35-24-38(54(71)14-9-10-23-79-65-62(74)61(73)60(72)55(34-70)80-65)28-39(25-35)57-48-17-15-46(66-48)56(37-12-11-13-44(31-37)81(3,4)5)47-16-18-52(67-47)59(41-30-43(64(77)78)33-45(32-41)82(6,7)8)53-22-21-51(69-53)58(50-20-19-49(57)68-50)40-26-36(2)27-42(29-40)63(75)76;2-1-3;;;/h12-13,15-22,24-33,55,60-62,65-66,69-70,72-74H,9-10,14,23,34H2,1-8H3,(H,75,76)(H,77,78);;;;/q-1;;3*+1/p-2/t55-,60-,61+,62-,65?;;;;/m1..../s1. The molecule has 17 nitrogen and oxygen atoms in total. The number of aromatic nitrogens is 4. The molecule has 22 heteroatoms. The second-order valence-electron chi connectivity index (χ2n) is 23.6. The molecule has 5 atom stereocenters. The normalized spacial score (nSPS) is 16.9. The number of benzene rings is 4. The van der Waals surface area contributed by atoms with Gasteiger partial charge in [-0.3, -0.25) is 4.79 Å². The molecule has 438 valence electrons. The average Bonchev–Trinajstić information content (AvgIpc) is 1.65. The molecular weight excluding hydrogens is 1180 g/mol. The molecule has 4 aromatic carbocycles. The van der Waals surface area contributed by atoms with E-state index in [-0.39, 0.29) is 125 Å². The summed E-state index contributed by atoms with van der Waals surface area (Å²) in [6.45, 7) is 16.6. The van der Waals surface area contributed by atoms with Gasteiger partial charge in [-0.25, -0.2) is 9.97 Å². The number of nitrogens with one attached hydrogen (secondary N) is 2. The van der Waals surface area contributed by atoms with Crippen molar-refractivity contribution in [1.82, 2.24) is 19.9 Å². The number of carbonyl (C=O) groups excluding carboxylic acids is 5. The van der Waals surface area contributed by atoms with Crippen LogP contribution in [0.1, 0.15) is 84.2 Å². The van der Waals surface area contributed by atoms with Crippen LogP contribution in [-0.4, -0.2) is 124 Å². The zero-order valence-electron chi connectivity index (χ0n) is 51.3. The van der Waals surface area contributed by atoms with Crippen LogP contribution in [-0.2, 0) is 19.1 Å². The number of hydrogen-bond donors (Lipinski definition) is 6. The molecule has 1 saturated heterocycles. The maximum atomic E-state index is 14.2. The molecular formula is C66H65N4Na3O13Si2. The Morgan fingerprint density at radius 3 is 1.45 bits per heavy atom. The first-order valence-corrected chi connectivity index (χ1v) is 34.8. The number of nitrogens with zero attached hydrogens (tertiary/aromatic N) is 2. The number of ether oxygens (including phenoxy) is 2. The fourth-order valence-corrected chi connectivity index (χ4v) is 13.1. The van der Waals surface area contributed by atoms with E-state index in [1.807, 2.05) is 105 Å². The molecule has 0 amide bonds. The number of aryl methyl sites for hydroxylation is 2. The number of rotatable bonds is 16. The number of H-pyrrole nitrogens is 2. The van der Waals surface area contributed by atoms with E-state index in [1.54, 1.807) is 24.3 Å². The summed E-state index contributed by atoms with van der Waals surface area (Å²) in [4.78, 5) is 74.1. The Kier molecular flexibility index (Phi) is 24.6. The van der Waals surface area contributed by atoms with Gasteiger partial charge >= 0.3 is 94.8 Å². The minimum atomic E-state index is -2.14. The van der Waals surface area contributed by atoms with Gasteiger partial charge in [0.15, 0.2) is 12.1 Å². The third-order valence-electron chi connectivity index (χ3n) is 15.2. The number of aromatic carboxylic acids is 2. The van der Waals surface area contributed by atoms with Gasteiger partial charge in [0.2, 0.25) is 0 Å². The number of Topliss-reactive ketones (excluding diaryl/α,β-unsaturated/α-hetero) is 1. The summed E-state index contributed by atoms with van der Waals surface area (Å²) in [6, 6.07) is 33.6. The van der Waals surface area contributed by atoms with Gasteiger partial charge < -0.3 is 59.7 Å². The summed E-state index contributed by atoms with van der Waals surface area (Å²) in [6.07, 6.45) is 1.95. The molecule has 0 radical (unpaired) electrons. The van der Waals surface area contributed by atoms with E-state index in [2.05, 4.69) is 61.4 Å². The van der Waals surface area contributed by atoms with Crippen LogP contribution in [0.5, 0.6) is 0 Å². The molecule has 3 aliphatic rings. The van der Waals surface area contributed by atoms with Crippen LogP contribution in [0, 0.1) is 19.9 Å². The monoisotopic (exact) mass is 1250 g/mol. The van der Waals surface area contributed by atoms with Crippen LogP contribution in [0.3, 0.4) is 0 Å². The molecule has 10 rings (SSSR count). The van der Waals surface area contributed by atoms with E-state index in [9.17, 15) is 45.0 Å². The number of aliphatic hydroxyl groups excluding tert-OH is 4. The fourth-order valence-electron chi connectivity index (χ4n) is 10.9. The summed E-state index contributed by atoms with van der Waals surface area (Å²) in [5.41, 5.74) is 12.3. The van der Waals surface area contributed by atoms with E-state index in [4.69, 9.17) is 29.0 Å². The van der Waals surface area contributed by atoms with E-state index in [0.717, 1.165) is 27.4 Å². The van der Waals surface area contributed by atoms with Crippen molar-refractivity contribution in [3.05, 3.63) is 154 Å². The number of carboxylic acid groups (broad SMARTS) is 2. The number of unbranched alkanes of at least 4 members (excludes halogenated alkanes) is 1. The predicted octanol–water partition coefficient (Wildman–Crippen LogP) is -1.84. The van der Waals surface area contributed by atoms with Crippen molar-refractivity contribution in [3.8, 4) is 44.5 Å². The average molecular weight is 1250 g/mol. The minimum absolute atomic E-state index is 0. The number of carboxylic acids is 2. The Morgan fingerprint density at radius 1 is 0.580 bits per heavy atom. The predicted molar refractivity (Wildman–Crippen MR) is 326 cm³/mol. The van der Waals surface area contributed by atoms with E-state index in [0.29, 0.717) is 96.7 Å². The summed E-state index contributed by atoms with van der Waals surface area (Å²) >= 11 is 0. The SMILES string of the molecule is Cc1cc(C(=O)[O-])cc(-c2c3nc(c(-c4cc(C)cc(C(=O)CCCCOC5O[C@H](CO)[C@@H](O)[C@H](O)[C@H]5O)c4)c4ccc([nH]4)c(-c4c[c-]cc([Si](C)(C)C)c4)c4nc(c(-c5cc(C(=O)[O-])cc([Si](C)(C)C)c5)c5ccc2[nH]5)C=C4)C=C3)c1.O=C=O.[Na+].[Na+].[Na+]. The molecule has 88 heavy (non-hydrogen) atoms. The van der Waals surface area contributed by atoms with E-state index < -0.39 is 65.4 Å². The van der Waals surface area contributed by atoms with Gasteiger partial charge in [0.05, 0.1) is 49.4 Å². The molecule has 6 N–H and O–H groups in total. The van der Waals surface area contributed by atoms with Gasteiger partial charge in [-0.2, -0.15) is 39.0 Å². The van der Waals surface area contributed by atoms with Crippen molar-refractivity contribution in [2.24, 2.45) is 0 Å². The van der Waals surface area contributed by atoms with Crippen LogP contribution in [0.4, 0.5) is 0 Å². The summed E-state index contributed by atoms with van der Waals surface area (Å²) in [5, 5.41) is 67.9. The molecule has 6 heterocycles. The van der Waals surface area contributed by atoms with Gasteiger partial charge in [-0.15, -0.1) is 5.56 Å². The number of hydrogen-bond acceptors (Lipinski definition) is 15.